The van der Waals surface area contributed by atoms with E-state index in [-0.39, 0.29) is 34.2 Å². The quantitative estimate of drug-likeness (QED) is 0.126. The van der Waals surface area contributed by atoms with E-state index in [0.717, 1.165) is 17.4 Å². The summed E-state index contributed by atoms with van der Waals surface area (Å²) in [5, 5.41) is 28.9. The predicted molar refractivity (Wildman–Crippen MR) is 131 cm³/mol. The van der Waals surface area contributed by atoms with Crippen molar-refractivity contribution >= 4 is 35.0 Å². The van der Waals surface area contributed by atoms with Crippen molar-refractivity contribution in [3.63, 3.8) is 0 Å². The molecule has 3 rings (SSSR count). The zero-order chi connectivity index (χ0) is 26.6. The molecule has 1 amide bonds. The maximum Gasteiger partial charge on any atom is 0.353 e. The lowest BCUT2D eigenvalue weighted by Gasteiger charge is -2.25. The van der Waals surface area contributed by atoms with Gasteiger partial charge in [-0.2, -0.15) is 0 Å². The number of carbonyl (C=O) groups excluding carboxylic acids is 2. The number of rotatable bonds is 9. The number of phenolic OH excluding ortho intramolecular Hbond substituents is 1. The monoisotopic (exact) mass is 513 g/mol. The van der Waals surface area contributed by atoms with Crippen LogP contribution in [0.2, 0.25) is 0 Å². The highest BCUT2D eigenvalue weighted by molar-refractivity contribution is 7.14. The summed E-state index contributed by atoms with van der Waals surface area (Å²) in [5.74, 6) is -4.07. The molecule has 0 radical (unpaired) electrons. The average Bonchev–Trinajstić information content (AvgIpc) is 3.27. The van der Waals surface area contributed by atoms with Crippen LogP contribution in [0.3, 0.4) is 0 Å². The number of phenols is 1. The van der Waals surface area contributed by atoms with Crippen molar-refractivity contribution in [2.75, 3.05) is 0 Å². The largest absolute Gasteiger partial charge is 0.508 e. The number of nitrogens with two attached hydrogens (primary N) is 1. The molecule has 6 N–H and O–H groups in total. The zero-order valence-corrected chi connectivity index (χ0v) is 20.2. The molecule has 1 heterocycles. The Morgan fingerprint density at radius 3 is 2.39 bits per heavy atom. The number of hydrogen-bond donors (Lipinski definition) is 5. The number of carboxylic acids is 1. The first-order valence-corrected chi connectivity index (χ1v) is 11.5. The Hall–Kier alpha value is -4.25. The summed E-state index contributed by atoms with van der Waals surface area (Å²) in [7, 11) is 0. The number of esters is 1. The number of aliphatic carboxylic acids is 1. The van der Waals surface area contributed by atoms with Crippen LogP contribution in [0.15, 0.2) is 54.6 Å². The van der Waals surface area contributed by atoms with Gasteiger partial charge in [0.05, 0.1) is 0 Å². The fraction of sp³-hybridized carbons (Fsp3) is 0.200. The van der Waals surface area contributed by atoms with Crippen LogP contribution in [0.25, 0.3) is 0 Å². The zero-order valence-electron chi connectivity index (χ0n) is 19.4. The molecule has 0 unspecified atom stereocenters. The minimum Gasteiger partial charge on any atom is -0.508 e. The molecule has 0 saturated carbocycles. The van der Waals surface area contributed by atoms with Gasteiger partial charge in [0.15, 0.2) is 17.6 Å². The van der Waals surface area contributed by atoms with Crippen molar-refractivity contribution in [3.8, 4) is 11.5 Å². The number of carboxylic acid groups (broad SMARTS) is 1. The minimum atomic E-state index is -1.31. The second kappa shape index (κ2) is 10.6. The summed E-state index contributed by atoms with van der Waals surface area (Å²) in [6.45, 7) is 3.28. The molecule has 3 aromatic rings. The van der Waals surface area contributed by atoms with Crippen molar-refractivity contribution in [2.45, 2.75) is 26.3 Å². The van der Waals surface area contributed by atoms with Crippen molar-refractivity contribution < 1.29 is 33.7 Å². The number of amidine groups is 1. The fourth-order valence-electron chi connectivity index (χ4n) is 3.28. The third-order valence-electron chi connectivity index (χ3n) is 5.29. The number of benzene rings is 2. The molecule has 0 aliphatic carbocycles. The SMILES string of the molecule is CC(C)(Cc1ccc(C(=O)Oc2ccc(C(=N)N)cc2F)s1)C(=O)N[C@H](C(=O)O)c1ccc(O)cc1. The van der Waals surface area contributed by atoms with E-state index in [1.807, 2.05) is 0 Å². The maximum atomic E-state index is 14.2. The standard InChI is InChI=1S/C25H24FN3O6S/c1-25(2,24(34)29-20(22(31)32)13-3-6-15(30)7-4-13)12-16-8-10-19(36-16)23(33)35-18-9-5-14(21(27)28)11-17(18)26/h3-11,20,30H,12H2,1-2H3,(H3,27,28)(H,29,34)(H,31,32)/t20-/m0/s1. The third kappa shape index (κ3) is 6.25. The number of aromatic hydroxyl groups is 1. The third-order valence-corrected chi connectivity index (χ3v) is 6.35. The summed E-state index contributed by atoms with van der Waals surface area (Å²) in [6, 6.07) is 10.9. The van der Waals surface area contributed by atoms with Gasteiger partial charge in [0.25, 0.3) is 0 Å². The number of amides is 1. The number of nitrogen functional groups attached to an aromatic ring is 1. The molecule has 2 aromatic carbocycles. The number of hydrogen-bond acceptors (Lipinski definition) is 7. The highest BCUT2D eigenvalue weighted by atomic mass is 32.1. The van der Waals surface area contributed by atoms with Crippen LogP contribution in [0.4, 0.5) is 4.39 Å². The number of thiophene rings is 1. The maximum absolute atomic E-state index is 14.2. The Labute approximate surface area is 209 Å². The summed E-state index contributed by atoms with van der Waals surface area (Å²) in [4.78, 5) is 38.0. The second-order valence-corrected chi connectivity index (χ2v) is 9.78. The average molecular weight is 514 g/mol. The van der Waals surface area contributed by atoms with E-state index in [1.54, 1.807) is 19.9 Å². The normalized spacial score (nSPS) is 12.0. The van der Waals surface area contributed by atoms with E-state index in [4.69, 9.17) is 15.9 Å². The smallest absolute Gasteiger partial charge is 0.353 e. The fourth-order valence-corrected chi connectivity index (χ4v) is 4.39. The van der Waals surface area contributed by atoms with Crippen LogP contribution < -0.4 is 15.8 Å². The first kappa shape index (κ1) is 26.4. The van der Waals surface area contributed by atoms with Crippen LogP contribution in [-0.4, -0.2) is 33.9 Å². The molecule has 0 aliphatic heterocycles. The Balaban J connectivity index is 1.68. The molecular weight excluding hydrogens is 489 g/mol. The van der Waals surface area contributed by atoms with E-state index in [2.05, 4.69) is 5.32 Å². The Morgan fingerprint density at radius 2 is 1.81 bits per heavy atom. The lowest BCUT2D eigenvalue weighted by Crippen LogP contribution is -2.42. The molecule has 188 valence electrons. The minimum absolute atomic E-state index is 0.0302. The van der Waals surface area contributed by atoms with E-state index in [0.29, 0.717) is 10.4 Å². The molecule has 0 spiro atoms. The highest BCUT2D eigenvalue weighted by Crippen LogP contribution is 2.29. The molecular formula is C25H24FN3O6S. The van der Waals surface area contributed by atoms with Gasteiger partial charge < -0.3 is 26.0 Å². The van der Waals surface area contributed by atoms with Gasteiger partial charge in [-0.05, 0) is 54.4 Å². The summed E-state index contributed by atoms with van der Waals surface area (Å²) >= 11 is 1.07. The summed E-state index contributed by atoms with van der Waals surface area (Å²) in [5.41, 5.74) is 4.74. The molecule has 1 aromatic heterocycles. The van der Waals surface area contributed by atoms with Crippen LogP contribution in [-0.2, 0) is 16.0 Å². The van der Waals surface area contributed by atoms with Crippen LogP contribution in [0.5, 0.6) is 11.5 Å². The highest BCUT2D eigenvalue weighted by Gasteiger charge is 2.33. The molecule has 0 bridgehead atoms. The van der Waals surface area contributed by atoms with Crippen LogP contribution >= 0.6 is 11.3 Å². The topological polar surface area (TPSA) is 163 Å². The van der Waals surface area contributed by atoms with Crippen molar-refractivity contribution in [2.24, 2.45) is 11.1 Å². The van der Waals surface area contributed by atoms with Gasteiger partial charge in [-0.25, -0.2) is 14.0 Å². The number of carbonyl (C=O) groups is 3. The van der Waals surface area contributed by atoms with Crippen molar-refractivity contribution in [1.29, 1.82) is 5.41 Å². The number of ether oxygens (including phenoxy) is 1. The van der Waals surface area contributed by atoms with Gasteiger partial charge in [0.2, 0.25) is 5.91 Å². The molecule has 0 aliphatic rings. The predicted octanol–water partition coefficient (Wildman–Crippen LogP) is 3.61. The molecule has 9 nitrogen and oxygen atoms in total. The van der Waals surface area contributed by atoms with Crippen LogP contribution in [0, 0.1) is 16.6 Å². The van der Waals surface area contributed by atoms with Gasteiger partial charge in [0.1, 0.15) is 16.5 Å². The number of halogens is 1. The van der Waals surface area contributed by atoms with E-state index >= 15 is 0 Å². The van der Waals surface area contributed by atoms with Gasteiger partial charge in [-0.3, -0.25) is 10.2 Å². The van der Waals surface area contributed by atoms with Crippen molar-refractivity contribution in [1.82, 2.24) is 5.32 Å². The summed E-state index contributed by atoms with van der Waals surface area (Å²) < 4.78 is 19.3. The Kier molecular flexibility index (Phi) is 7.74. The van der Waals surface area contributed by atoms with E-state index in [1.165, 1.54) is 42.5 Å². The van der Waals surface area contributed by atoms with Gasteiger partial charge in [0, 0.05) is 15.9 Å². The molecule has 0 saturated heterocycles. The molecule has 0 fully saturated rings. The summed E-state index contributed by atoms with van der Waals surface area (Å²) in [6.07, 6.45) is 0.195. The lowest BCUT2D eigenvalue weighted by atomic mass is 9.87. The van der Waals surface area contributed by atoms with Gasteiger partial charge in [-0.1, -0.05) is 26.0 Å². The van der Waals surface area contributed by atoms with Crippen LogP contribution in [0.1, 0.15) is 45.6 Å². The van der Waals surface area contributed by atoms with Crippen molar-refractivity contribution in [3.05, 3.63) is 81.3 Å². The van der Waals surface area contributed by atoms with E-state index in [9.17, 15) is 29.0 Å². The first-order valence-electron chi connectivity index (χ1n) is 10.6. The first-order chi connectivity index (χ1) is 16.9. The Bertz CT molecular complexity index is 1320. The van der Waals surface area contributed by atoms with E-state index < -0.39 is 35.1 Å². The Morgan fingerprint density at radius 1 is 1.14 bits per heavy atom. The molecule has 36 heavy (non-hydrogen) atoms. The second-order valence-electron chi connectivity index (χ2n) is 8.61. The lowest BCUT2D eigenvalue weighted by molar-refractivity contribution is -0.143. The molecule has 1 atom stereocenters. The molecule has 11 heteroatoms. The van der Waals surface area contributed by atoms with Gasteiger partial charge >= 0.3 is 11.9 Å². The van der Waals surface area contributed by atoms with Gasteiger partial charge in [-0.15, -0.1) is 11.3 Å². The number of nitrogens with one attached hydrogen (secondary N) is 2.